The first-order chi connectivity index (χ1) is 8.99. The minimum absolute atomic E-state index is 0.122. The molecule has 0 radical (unpaired) electrons. The molecule has 1 aromatic carbocycles. The molecule has 4 heteroatoms. The van der Waals surface area contributed by atoms with Crippen LogP contribution >= 0.6 is 11.6 Å². The summed E-state index contributed by atoms with van der Waals surface area (Å²) in [6.45, 7) is 5.73. The van der Waals surface area contributed by atoms with E-state index in [2.05, 4.69) is 10.3 Å². The number of aromatic nitrogens is 1. The summed E-state index contributed by atoms with van der Waals surface area (Å²) < 4.78 is 0. The van der Waals surface area contributed by atoms with Gasteiger partial charge < -0.3 is 5.32 Å². The van der Waals surface area contributed by atoms with E-state index in [1.54, 1.807) is 12.3 Å². The highest BCUT2D eigenvalue weighted by molar-refractivity contribution is 6.29. The first-order valence-electron chi connectivity index (χ1n) is 5.98. The lowest BCUT2D eigenvalue weighted by Gasteiger charge is -2.11. The van der Waals surface area contributed by atoms with Gasteiger partial charge in [-0.15, -0.1) is 0 Å². The molecule has 2 aromatic rings. The van der Waals surface area contributed by atoms with Crippen molar-refractivity contribution >= 4 is 23.2 Å². The molecule has 1 amide bonds. The Hall–Kier alpha value is -1.87. The van der Waals surface area contributed by atoms with Crippen molar-refractivity contribution in [2.24, 2.45) is 0 Å². The third-order valence-electron chi connectivity index (χ3n) is 3.03. The number of anilines is 1. The van der Waals surface area contributed by atoms with Crippen LogP contribution < -0.4 is 5.32 Å². The smallest absolute Gasteiger partial charge is 0.256 e. The third kappa shape index (κ3) is 2.93. The van der Waals surface area contributed by atoms with Gasteiger partial charge in [-0.1, -0.05) is 29.8 Å². The predicted molar refractivity (Wildman–Crippen MR) is 77.9 cm³/mol. The molecule has 0 saturated heterocycles. The van der Waals surface area contributed by atoms with Gasteiger partial charge >= 0.3 is 0 Å². The second-order valence-corrected chi connectivity index (χ2v) is 4.93. The fraction of sp³-hybridized carbons (Fsp3) is 0.200. The molecule has 0 unspecified atom stereocenters. The number of amides is 1. The van der Waals surface area contributed by atoms with E-state index in [4.69, 9.17) is 11.6 Å². The number of aryl methyl sites for hydroxylation is 3. The van der Waals surface area contributed by atoms with Crippen molar-refractivity contribution < 1.29 is 4.79 Å². The van der Waals surface area contributed by atoms with Crippen molar-refractivity contribution in [2.75, 3.05) is 5.32 Å². The molecular formula is C15H15ClN2O. The predicted octanol–water partition coefficient (Wildman–Crippen LogP) is 3.91. The lowest BCUT2D eigenvalue weighted by atomic mass is 10.0. The third-order valence-corrected chi connectivity index (χ3v) is 3.24. The second kappa shape index (κ2) is 5.41. The van der Waals surface area contributed by atoms with Gasteiger partial charge in [0.25, 0.3) is 5.91 Å². The molecule has 0 aliphatic heterocycles. The number of nitrogens with one attached hydrogen (secondary N) is 1. The van der Waals surface area contributed by atoms with Crippen LogP contribution in [0.2, 0.25) is 5.15 Å². The molecular weight excluding hydrogens is 260 g/mol. The molecule has 19 heavy (non-hydrogen) atoms. The number of carbonyl (C=O) groups excluding carboxylic acids is 1. The van der Waals surface area contributed by atoms with Crippen molar-refractivity contribution in [3.8, 4) is 0 Å². The zero-order valence-corrected chi connectivity index (χ0v) is 11.9. The fourth-order valence-electron chi connectivity index (χ4n) is 2.01. The van der Waals surface area contributed by atoms with E-state index in [-0.39, 0.29) is 5.91 Å². The van der Waals surface area contributed by atoms with Gasteiger partial charge in [-0.2, -0.15) is 0 Å². The van der Waals surface area contributed by atoms with Gasteiger partial charge in [0.05, 0.1) is 11.9 Å². The normalized spacial score (nSPS) is 10.3. The maximum Gasteiger partial charge on any atom is 0.256 e. The number of halogens is 1. The Morgan fingerprint density at radius 2 is 1.79 bits per heavy atom. The van der Waals surface area contributed by atoms with E-state index in [1.807, 2.05) is 39.0 Å². The Labute approximate surface area is 117 Å². The molecule has 0 fully saturated rings. The summed E-state index contributed by atoms with van der Waals surface area (Å²) in [4.78, 5) is 16.3. The molecule has 1 aromatic heterocycles. The van der Waals surface area contributed by atoms with Crippen molar-refractivity contribution in [3.63, 3.8) is 0 Å². The lowest BCUT2D eigenvalue weighted by Crippen LogP contribution is -2.15. The van der Waals surface area contributed by atoms with Gasteiger partial charge in [-0.25, -0.2) is 4.98 Å². The van der Waals surface area contributed by atoms with Crippen molar-refractivity contribution in [3.05, 3.63) is 57.9 Å². The van der Waals surface area contributed by atoms with Gasteiger partial charge in [0.15, 0.2) is 0 Å². The van der Waals surface area contributed by atoms with Crippen LogP contribution in [-0.2, 0) is 0 Å². The number of hydrogen-bond acceptors (Lipinski definition) is 2. The first-order valence-corrected chi connectivity index (χ1v) is 6.36. The molecule has 3 nitrogen and oxygen atoms in total. The highest BCUT2D eigenvalue weighted by Crippen LogP contribution is 2.20. The van der Waals surface area contributed by atoms with Crippen LogP contribution in [0.1, 0.15) is 27.0 Å². The average Bonchev–Trinajstić information content (AvgIpc) is 2.32. The standard InChI is InChI=1S/C15H15ClN2O/c1-9-5-4-6-10(2)14(9)15(19)18-12-8-17-13(16)7-11(12)3/h4-8H,1-3H3,(H,18,19). The number of carbonyl (C=O) groups is 1. The molecule has 98 valence electrons. The first kappa shape index (κ1) is 13.6. The highest BCUT2D eigenvalue weighted by Gasteiger charge is 2.13. The maximum atomic E-state index is 12.3. The largest absolute Gasteiger partial charge is 0.320 e. The Balaban J connectivity index is 2.31. The van der Waals surface area contributed by atoms with Crippen LogP contribution in [0.5, 0.6) is 0 Å². The zero-order chi connectivity index (χ0) is 14.0. The summed E-state index contributed by atoms with van der Waals surface area (Å²) in [5.74, 6) is -0.122. The van der Waals surface area contributed by atoms with Crippen LogP contribution in [0, 0.1) is 20.8 Å². The van der Waals surface area contributed by atoms with Gasteiger partial charge in [0, 0.05) is 5.56 Å². The topological polar surface area (TPSA) is 42.0 Å². The van der Waals surface area contributed by atoms with E-state index >= 15 is 0 Å². The summed E-state index contributed by atoms with van der Waals surface area (Å²) >= 11 is 5.80. The fourth-order valence-corrected chi connectivity index (χ4v) is 2.22. The minimum atomic E-state index is -0.122. The van der Waals surface area contributed by atoms with Crippen molar-refractivity contribution in [2.45, 2.75) is 20.8 Å². The Bertz CT molecular complexity index is 618. The number of hydrogen-bond donors (Lipinski definition) is 1. The molecule has 0 aliphatic carbocycles. The maximum absolute atomic E-state index is 12.3. The molecule has 1 N–H and O–H groups in total. The van der Waals surface area contributed by atoms with E-state index in [1.165, 1.54) is 0 Å². The van der Waals surface area contributed by atoms with Crippen LogP contribution in [0.25, 0.3) is 0 Å². The Morgan fingerprint density at radius 3 is 2.37 bits per heavy atom. The molecule has 1 heterocycles. The van der Waals surface area contributed by atoms with Crippen LogP contribution in [-0.4, -0.2) is 10.9 Å². The summed E-state index contributed by atoms with van der Waals surface area (Å²) in [7, 11) is 0. The van der Waals surface area contributed by atoms with Gasteiger partial charge in [-0.05, 0) is 43.5 Å². The van der Waals surface area contributed by atoms with Crippen LogP contribution in [0.4, 0.5) is 5.69 Å². The van der Waals surface area contributed by atoms with Crippen molar-refractivity contribution in [1.82, 2.24) is 4.98 Å². The number of pyridine rings is 1. The van der Waals surface area contributed by atoms with E-state index in [0.717, 1.165) is 16.7 Å². The minimum Gasteiger partial charge on any atom is -0.320 e. The summed E-state index contributed by atoms with van der Waals surface area (Å²) in [6.07, 6.45) is 1.57. The Morgan fingerprint density at radius 1 is 1.16 bits per heavy atom. The summed E-state index contributed by atoms with van der Waals surface area (Å²) in [6, 6.07) is 7.52. The molecule has 0 spiro atoms. The second-order valence-electron chi connectivity index (χ2n) is 4.54. The van der Waals surface area contributed by atoms with E-state index < -0.39 is 0 Å². The van der Waals surface area contributed by atoms with E-state index in [9.17, 15) is 4.79 Å². The molecule has 0 bridgehead atoms. The SMILES string of the molecule is Cc1cc(Cl)ncc1NC(=O)c1c(C)cccc1C. The summed E-state index contributed by atoms with van der Waals surface area (Å²) in [5, 5.41) is 3.29. The molecule has 0 atom stereocenters. The quantitative estimate of drug-likeness (QED) is 0.844. The molecule has 0 saturated carbocycles. The average molecular weight is 275 g/mol. The van der Waals surface area contributed by atoms with Crippen LogP contribution in [0.15, 0.2) is 30.5 Å². The zero-order valence-electron chi connectivity index (χ0n) is 11.1. The molecule has 0 aliphatic rings. The molecule has 2 rings (SSSR count). The van der Waals surface area contributed by atoms with Gasteiger partial charge in [0.2, 0.25) is 0 Å². The monoisotopic (exact) mass is 274 g/mol. The van der Waals surface area contributed by atoms with Crippen molar-refractivity contribution in [1.29, 1.82) is 0 Å². The van der Waals surface area contributed by atoms with Gasteiger partial charge in [-0.3, -0.25) is 4.79 Å². The lowest BCUT2D eigenvalue weighted by molar-refractivity contribution is 0.102. The number of rotatable bonds is 2. The van der Waals surface area contributed by atoms with E-state index in [0.29, 0.717) is 16.4 Å². The Kier molecular flexibility index (Phi) is 3.86. The van der Waals surface area contributed by atoms with Crippen LogP contribution in [0.3, 0.4) is 0 Å². The number of nitrogens with zero attached hydrogens (tertiary/aromatic N) is 1. The number of benzene rings is 1. The van der Waals surface area contributed by atoms with Gasteiger partial charge in [0.1, 0.15) is 5.15 Å². The summed E-state index contributed by atoms with van der Waals surface area (Å²) in [5.41, 5.74) is 4.18. The highest BCUT2D eigenvalue weighted by atomic mass is 35.5.